The van der Waals surface area contributed by atoms with Gasteiger partial charge in [0, 0.05) is 55.4 Å². The van der Waals surface area contributed by atoms with Gasteiger partial charge in [-0.25, -0.2) is 4.98 Å². The summed E-state index contributed by atoms with van der Waals surface area (Å²) in [5, 5.41) is 0. The van der Waals surface area contributed by atoms with Gasteiger partial charge in [-0.1, -0.05) is 37.6 Å². The van der Waals surface area contributed by atoms with E-state index >= 15 is 0 Å². The second-order valence-electron chi connectivity index (χ2n) is 9.69. The topological polar surface area (TPSA) is 75.3 Å². The molecule has 2 N–H and O–H groups in total. The third kappa shape index (κ3) is 7.26. The zero-order valence-electron chi connectivity index (χ0n) is 23.2. The number of piperidine rings is 1. The molecule has 0 atom stereocenters. The minimum atomic E-state index is 0.0494. The van der Waals surface area contributed by atoms with Crippen LogP contribution in [0.2, 0.25) is 0 Å². The number of rotatable bonds is 6. The number of hydrogen-bond acceptors (Lipinski definition) is 5. The van der Waals surface area contributed by atoms with Crippen LogP contribution in [-0.4, -0.2) is 59.4 Å². The number of amides is 1. The average Bonchev–Trinajstić information content (AvgIpc) is 2.91. The van der Waals surface area contributed by atoms with Crippen LogP contribution in [0.3, 0.4) is 0 Å². The third-order valence-corrected chi connectivity index (χ3v) is 6.77. The monoisotopic (exact) mass is 499 g/mol. The van der Waals surface area contributed by atoms with Crippen LogP contribution in [0.1, 0.15) is 66.7 Å². The summed E-state index contributed by atoms with van der Waals surface area (Å²) in [7, 11) is 3.57. The zero-order valence-corrected chi connectivity index (χ0v) is 23.2. The van der Waals surface area contributed by atoms with Gasteiger partial charge in [0.1, 0.15) is 5.82 Å². The van der Waals surface area contributed by atoms with Gasteiger partial charge in [-0.15, -0.1) is 0 Å². The average molecular weight is 500 g/mol. The number of nitrogens with two attached hydrogens (primary N) is 1. The molecule has 0 spiro atoms. The Bertz CT molecular complexity index is 1190. The van der Waals surface area contributed by atoms with Gasteiger partial charge in [0.15, 0.2) is 0 Å². The van der Waals surface area contributed by atoms with Crippen LogP contribution in [0.4, 0.5) is 5.82 Å². The van der Waals surface area contributed by atoms with Crippen molar-refractivity contribution < 1.29 is 4.79 Å². The first kappa shape index (κ1) is 28.1. The Morgan fingerprint density at radius 3 is 2.32 bits per heavy atom. The molecule has 1 saturated heterocycles. The van der Waals surface area contributed by atoms with E-state index in [4.69, 9.17) is 5.73 Å². The molecule has 0 bridgehead atoms. The number of carbonyl (C=O) groups excluding carboxylic acids is 1. The highest BCUT2D eigenvalue weighted by atomic mass is 16.2. The highest BCUT2D eigenvalue weighted by Gasteiger charge is 2.21. The fraction of sp³-hybridized carbons (Fsp3) is 0.387. The summed E-state index contributed by atoms with van der Waals surface area (Å²) in [5.41, 5.74) is 13.5. The summed E-state index contributed by atoms with van der Waals surface area (Å²) in [6.07, 6.45) is 8.19. The van der Waals surface area contributed by atoms with Crippen molar-refractivity contribution in [3.05, 3.63) is 82.8 Å². The summed E-state index contributed by atoms with van der Waals surface area (Å²) in [6.45, 7) is 11.3. The Morgan fingerprint density at radius 2 is 1.73 bits per heavy atom. The summed E-state index contributed by atoms with van der Waals surface area (Å²) in [4.78, 5) is 25.1. The molecule has 6 heteroatoms. The minimum Gasteiger partial charge on any atom is -0.384 e. The number of aromatic nitrogens is 2. The Kier molecular flexibility index (Phi) is 9.98. The molecular formula is C31H41N5O. The highest BCUT2D eigenvalue weighted by molar-refractivity contribution is 5.93. The van der Waals surface area contributed by atoms with Crippen LogP contribution in [0.25, 0.3) is 17.2 Å². The van der Waals surface area contributed by atoms with Crippen LogP contribution in [0, 0.1) is 6.92 Å². The summed E-state index contributed by atoms with van der Waals surface area (Å²) < 4.78 is 0. The Morgan fingerprint density at radius 1 is 1.05 bits per heavy atom. The molecule has 0 radical (unpaired) electrons. The molecule has 37 heavy (non-hydrogen) atoms. The van der Waals surface area contributed by atoms with Crippen molar-refractivity contribution in [3.8, 4) is 11.1 Å². The van der Waals surface area contributed by atoms with Crippen molar-refractivity contribution in [2.24, 2.45) is 0 Å². The lowest BCUT2D eigenvalue weighted by atomic mass is 9.88. The molecule has 0 saturated carbocycles. The number of pyridine rings is 2. The van der Waals surface area contributed by atoms with Gasteiger partial charge < -0.3 is 10.6 Å². The van der Waals surface area contributed by atoms with Crippen LogP contribution < -0.4 is 5.73 Å². The van der Waals surface area contributed by atoms with E-state index in [2.05, 4.69) is 46.9 Å². The highest BCUT2D eigenvalue weighted by Crippen LogP contribution is 2.30. The normalized spacial score (nSPS) is 14.6. The number of anilines is 1. The molecule has 6 nitrogen and oxygen atoms in total. The maximum Gasteiger partial charge on any atom is 0.253 e. The molecule has 1 amide bonds. The first-order valence-electron chi connectivity index (χ1n) is 13.2. The van der Waals surface area contributed by atoms with Gasteiger partial charge in [-0.2, -0.15) is 0 Å². The fourth-order valence-corrected chi connectivity index (χ4v) is 4.80. The molecule has 1 aliphatic heterocycles. The molecule has 2 aromatic heterocycles. The van der Waals surface area contributed by atoms with E-state index in [0.29, 0.717) is 11.7 Å². The van der Waals surface area contributed by atoms with E-state index in [1.165, 1.54) is 11.1 Å². The number of aryl methyl sites for hydroxylation is 1. The molecule has 1 aliphatic rings. The van der Waals surface area contributed by atoms with Crippen molar-refractivity contribution in [3.63, 3.8) is 0 Å². The SMILES string of the molecule is C/C(=C\c1c(-c2ccc(N)nc2)ccnc1C)CN1CCC(c2ccc(C(=O)N(C)C)cc2)CC1.CC. The lowest BCUT2D eigenvalue weighted by Gasteiger charge is -2.32. The Hall–Kier alpha value is -3.51. The van der Waals surface area contributed by atoms with Gasteiger partial charge in [-0.05, 0) is 87.2 Å². The fourth-order valence-electron chi connectivity index (χ4n) is 4.80. The molecule has 1 aromatic carbocycles. The van der Waals surface area contributed by atoms with Crippen LogP contribution >= 0.6 is 0 Å². The van der Waals surface area contributed by atoms with Crippen molar-refractivity contribution in [2.45, 2.75) is 46.5 Å². The third-order valence-electron chi connectivity index (χ3n) is 6.77. The van der Waals surface area contributed by atoms with Crippen molar-refractivity contribution in [1.29, 1.82) is 0 Å². The summed E-state index contributed by atoms with van der Waals surface area (Å²) in [5.74, 6) is 1.12. The number of hydrogen-bond donors (Lipinski definition) is 1. The van der Waals surface area contributed by atoms with Crippen molar-refractivity contribution >= 4 is 17.8 Å². The van der Waals surface area contributed by atoms with Gasteiger partial charge >= 0.3 is 0 Å². The van der Waals surface area contributed by atoms with Crippen LogP contribution in [0.15, 0.2) is 60.4 Å². The molecule has 0 aliphatic carbocycles. The second kappa shape index (κ2) is 13.2. The number of nitrogens with zero attached hydrogens (tertiary/aromatic N) is 4. The van der Waals surface area contributed by atoms with E-state index < -0.39 is 0 Å². The van der Waals surface area contributed by atoms with E-state index in [1.54, 1.807) is 19.0 Å². The standard InChI is InChI=1S/C29H35N5O.C2H6/c1-20(17-27-21(2)31-14-11-26(27)25-9-10-28(30)32-18-25)19-34-15-12-23(13-16-34)22-5-7-24(8-6-22)29(35)33(3)4;1-2/h5-11,14,17-18,23H,12-13,15-16,19H2,1-4H3,(H2,30,32);1-2H3/b20-17+;. The maximum atomic E-state index is 12.1. The smallest absolute Gasteiger partial charge is 0.253 e. The molecule has 1 fully saturated rings. The summed E-state index contributed by atoms with van der Waals surface area (Å²) in [6, 6.07) is 14.1. The second-order valence-corrected chi connectivity index (χ2v) is 9.69. The Labute approximate surface area is 222 Å². The van der Waals surface area contributed by atoms with E-state index in [0.717, 1.165) is 60.4 Å². The molecular weight excluding hydrogens is 458 g/mol. The van der Waals surface area contributed by atoms with Crippen molar-refractivity contribution in [2.75, 3.05) is 39.5 Å². The quantitative estimate of drug-likeness (QED) is 0.447. The largest absolute Gasteiger partial charge is 0.384 e. The van der Waals surface area contributed by atoms with Crippen LogP contribution in [0.5, 0.6) is 0 Å². The number of benzene rings is 1. The lowest BCUT2D eigenvalue weighted by molar-refractivity contribution is 0.0827. The van der Waals surface area contributed by atoms with Gasteiger partial charge in [0.2, 0.25) is 0 Å². The lowest BCUT2D eigenvalue weighted by Crippen LogP contribution is -2.34. The summed E-state index contributed by atoms with van der Waals surface area (Å²) >= 11 is 0. The first-order chi connectivity index (χ1) is 17.8. The van der Waals surface area contributed by atoms with Gasteiger partial charge in [-0.3, -0.25) is 14.7 Å². The first-order valence-corrected chi connectivity index (χ1v) is 13.2. The number of likely N-dealkylation sites (tertiary alicyclic amines) is 1. The predicted octanol–water partition coefficient (Wildman–Crippen LogP) is 6.05. The molecule has 3 aromatic rings. The van der Waals surface area contributed by atoms with Gasteiger partial charge in [0.05, 0.1) is 0 Å². The molecule has 0 unspecified atom stereocenters. The molecule has 4 rings (SSSR count). The molecule has 196 valence electrons. The zero-order chi connectivity index (χ0) is 26.9. The van der Waals surface area contributed by atoms with E-state index in [-0.39, 0.29) is 5.91 Å². The Balaban J connectivity index is 0.00000186. The van der Waals surface area contributed by atoms with Crippen LogP contribution in [-0.2, 0) is 0 Å². The minimum absolute atomic E-state index is 0.0494. The maximum absolute atomic E-state index is 12.1. The van der Waals surface area contributed by atoms with Crippen molar-refractivity contribution in [1.82, 2.24) is 19.8 Å². The number of nitrogen functional groups attached to an aromatic ring is 1. The van der Waals surface area contributed by atoms with E-state index in [9.17, 15) is 4.79 Å². The molecule has 3 heterocycles. The predicted molar refractivity (Wildman–Crippen MR) is 154 cm³/mol. The number of carbonyl (C=O) groups is 1. The van der Waals surface area contributed by atoms with Gasteiger partial charge in [0.25, 0.3) is 5.91 Å². The van der Waals surface area contributed by atoms with E-state index in [1.807, 2.05) is 56.6 Å².